The molecule has 5 nitrogen and oxygen atoms in total. The number of aromatic nitrogens is 1. The van der Waals surface area contributed by atoms with E-state index < -0.39 is 4.92 Å². The number of aromatic hydroxyl groups is 1. The molecule has 0 aliphatic rings. The normalized spacial score (nSPS) is 10.9. The minimum Gasteiger partial charge on any atom is -0.494 e. The first-order valence-electron chi connectivity index (χ1n) is 6.26. The summed E-state index contributed by atoms with van der Waals surface area (Å²) in [6.07, 6.45) is 1.63. The summed E-state index contributed by atoms with van der Waals surface area (Å²) in [5.41, 5.74) is 1.03. The van der Waals surface area contributed by atoms with Crippen molar-refractivity contribution in [3.63, 3.8) is 0 Å². The minimum absolute atomic E-state index is 0.00388. The minimum atomic E-state index is -0.433. The average Bonchev–Trinajstić information content (AvgIpc) is 2.75. The predicted molar refractivity (Wildman–Crippen MR) is 88.5 cm³/mol. The van der Waals surface area contributed by atoms with Gasteiger partial charge in [0, 0.05) is 15.8 Å². The van der Waals surface area contributed by atoms with Gasteiger partial charge in [-0.05, 0) is 46.4 Å². The number of benzene rings is 2. The maximum Gasteiger partial charge on any atom is 0.278 e. The molecular formula is C15H11IN2O3. The molecule has 0 aliphatic heterocycles. The molecule has 1 heterocycles. The van der Waals surface area contributed by atoms with E-state index in [4.69, 9.17) is 0 Å². The quantitative estimate of drug-likeness (QED) is 0.416. The molecule has 106 valence electrons. The van der Waals surface area contributed by atoms with Crippen LogP contribution in [0.2, 0.25) is 0 Å². The van der Waals surface area contributed by atoms with Gasteiger partial charge < -0.3 is 9.67 Å². The molecule has 1 aromatic heterocycles. The van der Waals surface area contributed by atoms with Gasteiger partial charge in [-0.2, -0.15) is 0 Å². The number of rotatable bonds is 3. The van der Waals surface area contributed by atoms with E-state index in [-0.39, 0.29) is 11.6 Å². The van der Waals surface area contributed by atoms with E-state index in [1.807, 2.05) is 24.3 Å². The van der Waals surface area contributed by atoms with Crippen LogP contribution < -0.4 is 0 Å². The Morgan fingerprint density at radius 3 is 2.67 bits per heavy atom. The summed E-state index contributed by atoms with van der Waals surface area (Å²) < 4.78 is 2.73. The first-order valence-corrected chi connectivity index (χ1v) is 7.34. The van der Waals surface area contributed by atoms with Gasteiger partial charge >= 0.3 is 0 Å². The molecule has 21 heavy (non-hydrogen) atoms. The Morgan fingerprint density at radius 2 is 1.95 bits per heavy atom. The van der Waals surface area contributed by atoms with E-state index in [1.165, 1.54) is 6.07 Å². The molecule has 0 unspecified atom stereocenters. The largest absolute Gasteiger partial charge is 0.494 e. The Morgan fingerprint density at radius 1 is 1.19 bits per heavy atom. The third-order valence-electron chi connectivity index (χ3n) is 3.32. The van der Waals surface area contributed by atoms with E-state index in [0.29, 0.717) is 17.3 Å². The molecule has 6 heteroatoms. The summed E-state index contributed by atoms with van der Waals surface area (Å²) in [5, 5.41) is 22.3. The Hall–Kier alpha value is -2.09. The lowest BCUT2D eigenvalue weighted by atomic mass is 10.2. The highest BCUT2D eigenvalue weighted by Gasteiger charge is 2.17. The number of hydrogen-bond donors (Lipinski definition) is 1. The number of hydrogen-bond acceptors (Lipinski definition) is 3. The van der Waals surface area contributed by atoms with Crippen LogP contribution in [0.1, 0.15) is 5.56 Å². The summed E-state index contributed by atoms with van der Waals surface area (Å²) in [4.78, 5) is 10.6. The van der Waals surface area contributed by atoms with E-state index in [1.54, 1.807) is 22.9 Å². The lowest BCUT2D eigenvalue weighted by Crippen LogP contribution is -1.97. The second-order valence-electron chi connectivity index (χ2n) is 4.71. The van der Waals surface area contributed by atoms with E-state index in [9.17, 15) is 15.2 Å². The van der Waals surface area contributed by atoms with Crippen molar-refractivity contribution in [1.82, 2.24) is 4.57 Å². The van der Waals surface area contributed by atoms with Gasteiger partial charge in [0.15, 0.2) is 5.88 Å². The standard InChI is InChI=1S/C15H11IN2O3/c16-11-4-1-3-10(7-11)8-17-9-13-12(15(17)19)5-2-6-14(13)18(20)21/h1-7,9,19H,8H2. The fraction of sp³-hybridized carbons (Fsp3) is 0.0667. The Labute approximate surface area is 134 Å². The van der Waals surface area contributed by atoms with Crippen molar-refractivity contribution >= 4 is 39.1 Å². The lowest BCUT2D eigenvalue weighted by Gasteiger charge is -2.05. The van der Waals surface area contributed by atoms with Crippen molar-refractivity contribution in [2.24, 2.45) is 0 Å². The first kappa shape index (κ1) is 13.9. The van der Waals surface area contributed by atoms with Gasteiger partial charge in [0.25, 0.3) is 5.69 Å². The number of fused-ring (bicyclic) bond motifs is 1. The van der Waals surface area contributed by atoms with Crippen molar-refractivity contribution in [1.29, 1.82) is 0 Å². The van der Waals surface area contributed by atoms with Crippen LogP contribution in [0, 0.1) is 13.7 Å². The third-order valence-corrected chi connectivity index (χ3v) is 3.99. The maximum absolute atomic E-state index is 11.1. The number of halogens is 1. The van der Waals surface area contributed by atoms with Crippen molar-refractivity contribution in [2.75, 3.05) is 0 Å². The molecule has 0 radical (unpaired) electrons. The van der Waals surface area contributed by atoms with Gasteiger partial charge in [-0.25, -0.2) is 0 Å². The van der Waals surface area contributed by atoms with Crippen molar-refractivity contribution < 1.29 is 10.0 Å². The number of nitro groups is 1. The highest BCUT2D eigenvalue weighted by Crippen LogP contribution is 2.33. The van der Waals surface area contributed by atoms with Crippen LogP contribution in [0.5, 0.6) is 5.88 Å². The van der Waals surface area contributed by atoms with Crippen LogP contribution in [0.15, 0.2) is 48.7 Å². The zero-order chi connectivity index (χ0) is 15.0. The van der Waals surface area contributed by atoms with Gasteiger partial charge in [0.1, 0.15) is 0 Å². The van der Waals surface area contributed by atoms with Crippen LogP contribution in [0.4, 0.5) is 5.69 Å². The van der Waals surface area contributed by atoms with E-state index in [0.717, 1.165) is 9.13 Å². The number of non-ortho nitro benzene ring substituents is 1. The molecule has 0 amide bonds. The number of nitrogens with zero attached hydrogens (tertiary/aromatic N) is 2. The summed E-state index contributed by atoms with van der Waals surface area (Å²) in [6.45, 7) is 0.467. The second-order valence-corrected chi connectivity index (χ2v) is 5.95. The molecule has 2 aromatic carbocycles. The summed E-state index contributed by atoms with van der Waals surface area (Å²) >= 11 is 2.22. The van der Waals surface area contributed by atoms with E-state index in [2.05, 4.69) is 22.6 Å². The molecule has 1 N–H and O–H groups in total. The fourth-order valence-corrected chi connectivity index (χ4v) is 2.97. The molecule has 0 spiro atoms. The molecular weight excluding hydrogens is 383 g/mol. The SMILES string of the molecule is O=[N+]([O-])c1cccc2c(O)n(Cc3cccc(I)c3)cc12. The summed E-state index contributed by atoms with van der Waals surface area (Å²) in [5.74, 6) is 0.0487. The van der Waals surface area contributed by atoms with Crippen LogP contribution in [-0.2, 0) is 6.54 Å². The highest BCUT2D eigenvalue weighted by molar-refractivity contribution is 14.1. The predicted octanol–water partition coefficient (Wildman–Crippen LogP) is 3.91. The molecule has 3 aromatic rings. The lowest BCUT2D eigenvalue weighted by molar-refractivity contribution is -0.383. The van der Waals surface area contributed by atoms with Crippen LogP contribution in [-0.4, -0.2) is 14.6 Å². The average molecular weight is 394 g/mol. The monoisotopic (exact) mass is 394 g/mol. The van der Waals surface area contributed by atoms with Crippen LogP contribution in [0.3, 0.4) is 0 Å². The van der Waals surface area contributed by atoms with Crippen LogP contribution in [0.25, 0.3) is 10.8 Å². The van der Waals surface area contributed by atoms with Gasteiger partial charge in [0.05, 0.1) is 22.2 Å². The Kier molecular flexibility index (Phi) is 3.54. The zero-order valence-electron chi connectivity index (χ0n) is 10.9. The summed E-state index contributed by atoms with van der Waals surface area (Å²) in [6, 6.07) is 12.6. The third kappa shape index (κ3) is 2.58. The topological polar surface area (TPSA) is 68.3 Å². The molecule has 0 fully saturated rings. The Balaban J connectivity index is 2.10. The van der Waals surface area contributed by atoms with Gasteiger partial charge in [-0.15, -0.1) is 0 Å². The molecule has 0 saturated heterocycles. The van der Waals surface area contributed by atoms with Gasteiger partial charge in [0.2, 0.25) is 0 Å². The van der Waals surface area contributed by atoms with E-state index >= 15 is 0 Å². The second kappa shape index (κ2) is 5.36. The molecule has 3 rings (SSSR count). The fourth-order valence-electron chi connectivity index (χ4n) is 2.37. The number of nitro benzene ring substituents is 1. The van der Waals surface area contributed by atoms with Crippen molar-refractivity contribution in [3.8, 4) is 5.88 Å². The maximum atomic E-state index is 11.1. The van der Waals surface area contributed by atoms with Crippen molar-refractivity contribution in [2.45, 2.75) is 6.54 Å². The first-order chi connectivity index (χ1) is 10.1. The van der Waals surface area contributed by atoms with Crippen LogP contribution >= 0.6 is 22.6 Å². The van der Waals surface area contributed by atoms with Gasteiger partial charge in [-0.3, -0.25) is 10.1 Å². The molecule has 0 bridgehead atoms. The molecule has 0 atom stereocenters. The Bertz CT molecular complexity index is 842. The smallest absolute Gasteiger partial charge is 0.278 e. The van der Waals surface area contributed by atoms with Crippen molar-refractivity contribution in [3.05, 3.63) is 67.9 Å². The zero-order valence-corrected chi connectivity index (χ0v) is 13.0. The molecule has 0 aliphatic carbocycles. The highest BCUT2D eigenvalue weighted by atomic mass is 127. The summed E-state index contributed by atoms with van der Waals surface area (Å²) in [7, 11) is 0. The molecule has 0 saturated carbocycles. The van der Waals surface area contributed by atoms with Gasteiger partial charge in [-0.1, -0.05) is 18.2 Å².